The van der Waals surface area contributed by atoms with Gasteiger partial charge in [-0.05, 0) is 76.1 Å². The summed E-state index contributed by atoms with van der Waals surface area (Å²) in [6.45, 7) is 3.77. The number of thioether (sulfide) groups is 1. The first-order valence-corrected chi connectivity index (χ1v) is 10.6. The van der Waals surface area contributed by atoms with Crippen molar-refractivity contribution in [1.82, 2.24) is 5.32 Å². The second-order valence-electron chi connectivity index (χ2n) is 6.20. The van der Waals surface area contributed by atoms with Crippen LogP contribution in [0.5, 0.6) is 11.5 Å². The average Bonchev–Trinajstić information content (AvgIpc) is 2.99. The molecule has 30 heavy (non-hydrogen) atoms. The molecule has 0 aliphatic carbocycles. The molecule has 0 bridgehead atoms. The van der Waals surface area contributed by atoms with Crippen molar-refractivity contribution in [2.45, 2.75) is 20.5 Å². The highest BCUT2D eigenvalue weighted by Crippen LogP contribution is 2.39. The van der Waals surface area contributed by atoms with Crippen LogP contribution < -0.4 is 14.8 Å². The fourth-order valence-corrected chi connectivity index (χ4v) is 4.05. The van der Waals surface area contributed by atoms with Gasteiger partial charge in [-0.2, -0.15) is 4.99 Å². The monoisotopic (exact) mass is 492 g/mol. The molecule has 0 saturated heterocycles. The Bertz CT molecular complexity index is 1060. The van der Waals surface area contributed by atoms with Crippen LogP contribution in [-0.2, 0) is 16.2 Å². The van der Waals surface area contributed by atoms with Crippen LogP contribution in [0, 0.1) is 5.82 Å². The molecule has 2 aromatic rings. The summed E-state index contributed by atoms with van der Waals surface area (Å²) in [5, 5.41) is 2.76. The first-order valence-electron chi connectivity index (χ1n) is 8.99. The highest BCUT2D eigenvalue weighted by molar-refractivity contribution is 9.10. The number of rotatable bonds is 6. The molecular formula is C21H18BrFN2O4S. The molecule has 0 saturated carbocycles. The number of carbonyl (C=O) groups is 2. The van der Waals surface area contributed by atoms with E-state index in [0.717, 1.165) is 11.8 Å². The van der Waals surface area contributed by atoms with Crippen molar-refractivity contribution in [3.63, 3.8) is 0 Å². The zero-order valence-corrected chi connectivity index (χ0v) is 18.6. The molecule has 6 nitrogen and oxygen atoms in total. The summed E-state index contributed by atoms with van der Waals surface area (Å²) in [7, 11) is 0. The lowest BCUT2D eigenvalue weighted by Gasteiger charge is -2.15. The fourth-order valence-electron chi connectivity index (χ4n) is 2.62. The summed E-state index contributed by atoms with van der Waals surface area (Å²) in [6, 6.07) is 9.69. The lowest BCUT2D eigenvalue weighted by Crippen LogP contribution is -2.23. The van der Waals surface area contributed by atoms with E-state index in [2.05, 4.69) is 26.2 Å². The van der Waals surface area contributed by atoms with Gasteiger partial charge in [-0.3, -0.25) is 9.59 Å². The highest BCUT2D eigenvalue weighted by Gasteiger charge is 2.23. The second-order valence-corrected chi connectivity index (χ2v) is 8.08. The number of ether oxygens (including phenoxy) is 2. The third kappa shape index (κ3) is 5.70. The number of aliphatic imine (C=N–C) groups is 1. The van der Waals surface area contributed by atoms with Gasteiger partial charge in [0.1, 0.15) is 12.4 Å². The molecule has 0 unspecified atom stereocenters. The van der Waals surface area contributed by atoms with E-state index in [-0.39, 0.29) is 23.5 Å². The van der Waals surface area contributed by atoms with Gasteiger partial charge >= 0.3 is 0 Å². The Morgan fingerprint density at radius 3 is 2.80 bits per heavy atom. The van der Waals surface area contributed by atoms with E-state index in [1.54, 1.807) is 30.3 Å². The molecule has 1 heterocycles. The molecule has 2 amide bonds. The lowest BCUT2D eigenvalue weighted by atomic mass is 10.1. The van der Waals surface area contributed by atoms with Crippen LogP contribution in [0.15, 0.2) is 50.8 Å². The summed E-state index contributed by atoms with van der Waals surface area (Å²) in [5.41, 5.74) is 1.38. The van der Waals surface area contributed by atoms with E-state index < -0.39 is 5.91 Å². The van der Waals surface area contributed by atoms with Gasteiger partial charge < -0.3 is 14.8 Å². The van der Waals surface area contributed by atoms with Crippen molar-refractivity contribution in [2.24, 2.45) is 4.99 Å². The Labute approximate surface area is 185 Å². The number of benzene rings is 2. The third-order valence-corrected chi connectivity index (χ3v) is 5.29. The van der Waals surface area contributed by atoms with Gasteiger partial charge in [0.05, 0.1) is 16.0 Å². The van der Waals surface area contributed by atoms with E-state index in [1.807, 2.05) is 6.92 Å². The van der Waals surface area contributed by atoms with Crippen LogP contribution in [0.25, 0.3) is 6.08 Å². The number of nitrogens with zero attached hydrogens (tertiary/aromatic N) is 1. The summed E-state index contributed by atoms with van der Waals surface area (Å²) in [6.07, 6.45) is 1.66. The number of halogens is 2. The zero-order chi connectivity index (χ0) is 21.7. The Hall–Kier alpha value is -2.65. The quantitative estimate of drug-likeness (QED) is 0.592. The SMILES string of the molecule is CCOc1cc(/C=C2\SC(NC(C)=O)=NC2=O)cc(Br)c1OCc1cccc(F)c1. The van der Waals surface area contributed by atoms with Crippen LogP contribution in [0.2, 0.25) is 0 Å². The normalized spacial score (nSPS) is 14.6. The maximum Gasteiger partial charge on any atom is 0.286 e. The number of hydrogen-bond donors (Lipinski definition) is 1. The Balaban J connectivity index is 1.82. The lowest BCUT2D eigenvalue weighted by molar-refractivity contribution is -0.117. The van der Waals surface area contributed by atoms with Crippen molar-refractivity contribution < 1.29 is 23.5 Å². The molecule has 1 aliphatic heterocycles. The molecule has 0 fully saturated rings. The Morgan fingerprint density at radius 1 is 1.30 bits per heavy atom. The van der Waals surface area contributed by atoms with Gasteiger partial charge in [-0.1, -0.05) is 12.1 Å². The number of carbonyl (C=O) groups excluding carboxylic acids is 2. The van der Waals surface area contributed by atoms with Gasteiger partial charge in [0.15, 0.2) is 16.7 Å². The minimum absolute atomic E-state index is 0.166. The van der Waals surface area contributed by atoms with E-state index in [0.29, 0.717) is 38.6 Å². The maximum absolute atomic E-state index is 13.4. The van der Waals surface area contributed by atoms with E-state index in [4.69, 9.17) is 9.47 Å². The van der Waals surface area contributed by atoms with Crippen LogP contribution in [0.3, 0.4) is 0 Å². The smallest absolute Gasteiger partial charge is 0.286 e. The van der Waals surface area contributed by atoms with Crippen LogP contribution in [0.4, 0.5) is 4.39 Å². The predicted molar refractivity (Wildman–Crippen MR) is 118 cm³/mol. The maximum atomic E-state index is 13.4. The largest absolute Gasteiger partial charge is 0.490 e. The summed E-state index contributed by atoms with van der Waals surface area (Å²) in [5.74, 6) is -0.0973. The first-order chi connectivity index (χ1) is 14.4. The van der Waals surface area contributed by atoms with Gasteiger partial charge in [-0.15, -0.1) is 0 Å². The molecule has 0 spiro atoms. The molecule has 1 N–H and O–H groups in total. The van der Waals surface area contributed by atoms with Gasteiger partial charge in [0.25, 0.3) is 5.91 Å². The summed E-state index contributed by atoms with van der Waals surface area (Å²) >= 11 is 4.57. The minimum atomic E-state index is -0.427. The number of nitrogens with one attached hydrogen (secondary N) is 1. The van der Waals surface area contributed by atoms with Crippen molar-refractivity contribution in [3.05, 3.63) is 62.7 Å². The van der Waals surface area contributed by atoms with Crippen LogP contribution in [0.1, 0.15) is 25.0 Å². The van der Waals surface area contributed by atoms with Crippen molar-refractivity contribution in [2.75, 3.05) is 6.61 Å². The summed E-state index contributed by atoms with van der Waals surface area (Å²) < 4.78 is 25.6. The molecule has 156 valence electrons. The topological polar surface area (TPSA) is 77.0 Å². The van der Waals surface area contributed by atoms with Crippen LogP contribution in [-0.4, -0.2) is 23.6 Å². The molecule has 9 heteroatoms. The van der Waals surface area contributed by atoms with Crippen molar-refractivity contribution in [3.8, 4) is 11.5 Å². The second kappa shape index (κ2) is 9.90. The molecule has 0 aromatic heterocycles. The number of hydrogen-bond acceptors (Lipinski definition) is 5. The average molecular weight is 493 g/mol. The minimum Gasteiger partial charge on any atom is -0.490 e. The molecule has 1 aliphatic rings. The molecule has 3 rings (SSSR count). The predicted octanol–water partition coefficient (Wildman–Crippen LogP) is 4.67. The molecule has 0 radical (unpaired) electrons. The van der Waals surface area contributed by atoms with E-state index in [1.165, 1.54) is 19.1 Å². The first kappa shape index (κ1) is 22.0. The zero-order valence-electron chi connectivity index (χ0n) is 16.2. The molecule has 2 aromatic carbocycles. The van der Waals surface area contributed by atoms with Crippen molar-refractivity contribution in [1.29, 1.82) is 0 Å². The van der Waals surface area contributed by atoms with Gasteiger partial charge in [0.2, 0.25) is 5.91 Å². The Kier molecular flexibility index (Phi) is 7.28. The molecular weight excluding hydrogens is 475 g/mol. The fraction of sp³-hybridized carbons (Fsp3) is 0.190. The van der Waals surface area contributed by atoms with Gasteiger partial charge in [-0.25, -0.2) is 4.39 Å². The highest BCUT2D eigenvalue weighted by atomic mass is 79.9. The van der Waals surface area contributed by atoms with E-state index >= 15 is 0 Å². The van der Waals surface area contributed by atoms with E-state index in [9.17, 15) is 14.0 Å². The van der Waals surface area contributed by atoms with Crippen LogP contribution >= 0.6 is 27.7 Å². The Morgan fingerprint density at radius 2 is 2.10 bits per heavy atom. The van der Waals surface area contributed by atoms with Crippen molar-refractivity contribution >= 4 is 50.7 Å². The van der Waals surface area contributed by atoms with Gasteiger partial charge in [0, 0.05) is 6.92 Å². The number of amidine groups is 1. The summed E-state index contributed by atoms with van der Waals surface area (Å²) in [4.78, 5) is 27.4. The number of amides is 2. The standard InChI is InChI=1S/C21H18BrFN2O4S/c1-3-28-17-9-14(10-18-20(27)25-21(30-18)24-12(2)26)8-16(22)19(17)29-11-13-5-4-6-15(23)7-13/h4-10H,3,11H2,1-2H3,(H,24,25,26,27)/b18-10-. The third-order valence-electron chi connectivity index (χ3n) is 3.81. The molecule has 0 atom stereocenters.